The average molecular weight is 399 g/mol. The summed E-state index contributed by atoms with van der Waals surface area (Å²) in [7, 11) is 0. The monoisotopic (exact) mass is 399 g/mol. The molecule has 0 radical (unpaired) electrons. The van der Waals surface area contributed by atoms with Crippen LogP contribution in [0.3, 0.4) is 0 Å². The third kappa shape index (κ3) is 6.04. The number of ether oxygens (including phenoxy) is 1. The SMILES string of the molecule is CC(C)COC(=O)N1CCC(C(=O)N[C@@H](Cc2ncn[nH]2)c2ccccc2)CC1. The molecule has 0 bridgehead atoms. The molecule has 0 unspecified atom stereocenters. The second-order valence-electron chi connectivity index (χ2n) is 7.84. The molecule has 2 heterocycles. The zero-order valence-electron chi connectivity index (χ0n) is 17.0. The van der Waals surface area contributed by atoms with Crippen LogP contribution in [0.5, 0.6) is 0 Å². The van der Waals surface area contributed by atoms with E-state index in [1.54, 1.807) is 4.90 Å². The lowest BCUT2D eigenvalue weighted by Crippen LogP contribution is -2.44. The highest BCUT2D eigenvalue weighted by atomic mass is 16.6. The van der Waals surface area contributed by atoms with E-state index in [2.05, 4.69) is 20.5 Å². The number of nitrogens with one attached hydrogen (secondary N) is 2. The van der Waals surface area contributed by atoms with E-state index in [9.17, 15) is 9.59 Å². The molecule has 2 amide bonds. The topological polar surface area (TPSA) is 100 Å². The number of carbonyl (C=O) groups excluding carboxylic acids is 2. The number of hydrogen-bond acceptors (Lipinski definition) is 5. The second-order valence-corrected chi connectivity index (χ2v) is 7.84. The van der Waals surface area contributed by atoms with Crippen LogP contribution in [0.15, 0.2) is 36.7 Å². The van der Waals surface area contributed by atoms with Crippen LogP contribution in [-0.2, 0) is 16.0 Å². The van der Waals surface area contributed by atoms with Crippen LogP contribution < -0.4 is 5.32 Å². The van der Waals surface area contributed by atoms with Crippen molar-refractivity contribution in [3.8, 4) is 0 Å². The van der Waals surface area contributed by atoms with Crippen molar-refractivity contribution < 1.29 is 14.3 Å². The highest BCUT2D eigenvalue weighted by molar-refractivity contribution is 5.79. The van der Waals surface area contributed by atoms with Crippen molar-refractivity contribution in [1.29, 1.82) is 0 Å². The molecule has 1 saturated heterocycles. The van der Waals surface area contributed by atoms with E-state index < -0.39 is 0 Å². The van der Waals surface area contributed by atoms with E-state index in [0.29, 0.717) is 44.9 Å². The van der Waals surface area contributed by atoms with Gasteiger partial charge in [-0.3, -0.25) is 9.89 Å². The van der Waals surface area contributed by atoms with Gasteiger partial charge in [-0.15, -0.1) is 0 Å². The number of benzene rings is 1. The number of H-pyrrole nitrogens is 1. The Bertz CT molecular complexity index is 771. The summed E-state index contributed by atoms with van der Waals surface area (Å²) in [5, 5.41) is 9.91. The van der Waals surface area contributed by atoms with Crippen LogP contribution in [0.2, 0.25) is 0 Å². The predicted molar refractivity (Wildman–Crippen MR) is 108 cm³/mol. The summed E-state index contributed by atoms with van der Waals surface area (Å²) in [6.07, 6.45) is 2.98. The van der Waals surface area contributed by atoms with Gasteiger partial charge in [-0.1, -0.05) is 44.2 Å². The fourth-order valence-corrected chi connectivity index (χ4v) is 3.40. The quantitative estimate of drug-likeness (QED) is 0.746. The minimum absolute atomic E-state index is 0.00793. The van der Waals surface area contributed by atoms with Crippen molar-refractivity contribution >= 4 is 12.0 Å². The Labute approximate surface area is 171 Å². The van der Waals surface area contributed by atoms with E-state index in [0.717, 1.165) is 11.4 Å². The molecular weight excluding hydrogens is 370 g/mol. The fourth-order valence-electron chi connectivity index (χ4n) is 3.40. The first-order valence-corrected chi connectivity index (χ1v) is 10.1. The van der Waals surface area contributed by atoms with Gasteiger partial charge in [-0.25, -0.2) is 9.78 Å². The van der Waals surface area contributed by atoms with Gasteiger partial charge in [-0.2, -0.15) is 5.10 Å². The summed E-state index contributed by atoms with van der Waals surface area (Å²) in [4.78, 5) is 30.9. The van der Waals surface area contributed by atoms with Crippen molar-refractivity contribution in [1.82, 2.24) is 25.4 Å². The van der Waals surface area contributed by atoms with Gasteiger partial charge in [0, 0.05) is 25.4 Å². The molecule has 8 heteroatoms. The normalized spacial score (nSPS) is 15.9. The van der Waals surface area contributed by atoms with Gasteiger partial charge in [0.15, 0.2) is 0 Å². The van der Waals surface area contributed by atoms with Crippen molar-refractivity contribution in [3.05, 3.63) is 48.0 Å². The summed E-state index contributed by atoms with van der Waals surface area (Å²) in [6, 6.07) is 9.66. The summed E-state index contributed by atoms with van der Waals surface area (Å²) < 4.78 is 5.29. The molecular formula is C21H29N5O3. The van der Waals surface area contributed by atoms with Gasteiger partial charge >= 0.3 is 6.09 Å². The van der Waals surface area contributed by atoms with E-state index in [-0.39, 0.29) is 24.0 Å². The van der Waals surface area contributed by atoms with Gasteiger partial charge in [0.05, 0.1) is 12.6 Å². The number of likely N-dealkylation sites (tertiary alicyclic amines) is 1. The first kappa shape index (κ1) is 20.8. The van der Waals surface area contributed by atoms with Gasteiger partial charge in [-0.05, 0) is 24.3 Å². The Morgan fingerprint density at radius 2 is 1.97 bits per heavy atom. The van der Waals surface area contributed by atoms with Gasteiger partial charge in [0.1, 0.15) is 12.2 Å². The highest BCUT2D eigenvalue weighted by Crippen LogP contribution is 2.22. The molecule has 1 aliphatic heterocycles. The lowest BCUT2D eigenvalue weighted by atomic mass is 9.94. The molecule has 2 N–H and O–H groups in total. The predicted octanol–water partition coefficient (Wildman–Crippen LogP) is 2.71. The summed E-state index contributed by atoms with van der Waals surface area (Å²) in [5.74, 6) is 0.919. The molecule has 8 nitrogen and oxygen atoms in total. The molecule has 1 fully saturated rings. The largest absolute Gasteiger partial charge is 0.449 e. The number of nitrogens with zero attached hydrogens (tertiary/aromatic N) is 3. The minimum atomic E-state index is -0.287. The first-order valence-electron chi connectivity index (χ1n) is 10.1. The third-order valence-corrected chi connectivity index (χ3v) is 5.04. The van der Waals surface area contributed by atoms with E-state index in [4.69, 9.17) is 4.74 Å². The Morgan fingerprint density at radius 3 is 2.59 bits per heavy atom. The number of aromatic nitrogens is 3. The average Bonchev–Trinajstić information content (AvgIpc) is 3.25. The van der Waals surface area contributed by atoms with Crippen molar-refractivity contribution in [3.63, 3.8) is 0 Å². The van der Waals surface area contributed by atoms with Gasteiger partial charge in [0.25, 0.3) is 0 Å². The Hall–Kier alpha value is -2.90. The molecule has 0 spiro atoms. The molecule has 0 aliphatic carbocycles. The number of hydrogen-bond donors (Lipinski definition) is 2. The molecule has 1 aromatic heterocycles. The van der Waals surface area contributed by atoms with Crippen molar-refractivity contribution in [2.45, 2.75) is 39.2 Å². The maximum atomic E-state index is 12.9. The number of piperidine rings is 1. The third-order valence-electron chi connectivity index (χ3n) is 5.04. The number of carbonyl (C=O) groups is 2. The van der Waals surface area contributed by atoms with Crippen LogP contribution >= 0.6 is 0 Å². The van der Waals surface area contributed by atoms with E-state index >= 15 is 0 Å². The number of rotatable bonds is 7. The van der Waals surface area contributed by atoms with Crippen molar-refractivity contribution in [2.75, 3.05) is 19.7 Å². The van der Waals surface area contributed by atoms with Crippen LogP contribution in [0.25, 0.3) is 0 Å². The summed E-state index contributed by atoms with van der Waals surface area (Å²) in [6.45, 7) is 5.50. The number of amides is 2. The lowest BCUT2D eigenvalue weighted by Gasteiger charge is -2.31. The zero-order valence-corrected chi connectivity index (χ0v) is 17.0. The van der Waals surface area contributed by atoms with Gasteiger partial charge in [0.2, 0.25) is 5.91 Å². The highest BCUT2D eigenvalue weighted by Gasteiger charge is 2.29. The molecule has 1 aliphatic rings. The van der Waals surface area contributed by atoms with Crippen LogP contribution in [0, 0.1) is 11.8 Å². The molecule has 1 aromatic carbocycles. The van der Waals surface area contributed by atoms with Crippen LogP contribution in [-0.4, -0.2) is 51.8 Å². The number of aromatic amines is 1. The minimum Gasteiger partial charge on any atom is -0.449 e. The first-order chi connectivity index (χ1) is 14.0. The molecule has 3 rings (SSSR count). The zero-order chi connectivity index (χ0) is 20.6. The Balaban J connectivity index is 1.56. The van der Waals surface area contributed by atoms with Crippen molar-refractivity contribution in [2.24, 2.45) is 11.8 Å². The molecule has 156 valence electrons. The molecule has 2 aromatic rings. The van der Waals surface area contributed by atoms with Crippen LogP contribution in [0.4, 0.5) is 4.79 Å². The Morgan fingerprint density at radius 1 is 1.24 bits per heavy atom. The molecule has 1 atom stereocenters. The standard InChI is InChI=1S/C21H29N5O3/c1-15(2)13-29-21(28)26-10-8-17(9-11-26)20(27)24-18(12-19-22-14-23-25-19)16-6-4-3-5-7-16/h3-7,14-15,17-18H,8-13H2,1-2H3,(H,24,27)(H,22,23,25)/t18-/m0/s1. The summed E-state index contributed by atoms with van der Waals surface area (Å²) >= 11 is 0. The Kier molecular flexibility index (Phi) is 7.21. The van der Waals surface area contributed by atoms with E-state index in [1.165, 1.54) is 6.33 Å². The maximum Gasteiger partial charge on any atom is 0.409 e. The molecule has 29 heavy (non-hydrogen) atoms. The summed E-state index contributed by atoms with van der Waals surface area (Å²) in [5.41, 5.74) is 1.02. The smallest absolute Gasteiger partial charge is 0.409 e. The van der Waals surface area contributed by atoms with E-state index in [1.807, 2.05) is 44.2 Å². The van der Waals surface area contributed by atoms with Gasteiger partial charge < -0.3 is 15.0 Å². The fraction of sp³-hybridized carbons (Fsp3) is 0.524. The maximum absolute atomic E-state index is 12.9. The molecule has 0 saturated carbocycles. The van der Waals surface area contributed by atoms with Crippen LogP contribution in [0.1, 0.15) is 44.1 Å². The second kappa shape index (κ2) is 10.0. The lowest BCUT2D eigenvalue weighted by molar-refractivity contribution is -0.127.